The normalized spacial score (nSPS) is 10.8. The number of benzene rings is 3. The summed E-state index contributed by atoms with van der Waals surface area (Å²) in [5.41, 5.74) is 5.32. The summed E-state index contributed by atoms with van der Waals surface area (Å²) in [4.78, 5) is 0. The number of rotatable bonds is 6. The van der Waals surface area contributed by atoms with E-state index in [-0.39, 0.29) is 6.61 Å². The number of ether oxygens (including phenoxy) is 1. The Balaban J connectivity index is 1.54. The highest BCUT2D eigenvalue weighted by molar-refractivity contribution is 5.80. The zero-order valence-electron chi connectivity index (χ0n) is 13.3. The van der Waals surface area contributed by atoms with E-state index < -0.39 is 11.6 Å². The van der Waals surface area contributed by atoms with Gasteiger partial charge in [0.15, 0.2) is 11.6 Å². The van der Waals surface area contributed by atoms with E-state index in [9.17, 15) is 8.78 Å². The van der Waals surface area contributed by atoms with Crippen molar-refractivity contribution in [2.45, 2.75) is 6.61 Å². The summed E-state index contributed by atoms with van der Waals surface area (Å²) in [5.74, 6) is -1.10. The molecule has 5 heteroatoms. The number of hydrogen-bond acceptors (Lipinski definition) is 3. The zero-order chi connectivity index (χ0) is 17.5. The van der Waals surface area contributed by atoms with E-state index in [0.717, 1.165) is 23.4 Å². The van der Waals surface area contributed by atoms with Crippen LogP contribution in [-0.2, 0) is 6.61 Å². The van der Waals surface area contributed by atoms with Crippen LogP contribution in [0.5, 0.6) is 5.75 Å². The molecule has 1 N–H and O–H groups in total. The van der Waals surface area contributed by atoms with Gasteiger partial charge in [0.25, 0.3) is 0 Å². The van der Waals surface area contributed by atoms with Crippen LogP contribution in [0.2, 0.25) is 0 Å². The number of para-hydroxylation sites is 1. The molecule has 3 aromatic rings. The monoisotopic (exact) mass is 338 g/mol. The second-order valence-corrected chi connectivity index (χ2v) is 5.34. The first-order chi connectivity index (χ1) is 12.2. The molecule has 0 amide bonds. The summed E-state index contributed by atoms with van der Waals surface area (Å²) in [6.07, 6.45) is 1.70. The Kier molecular flexibility index (Phi) is 5.36. The van der Waals surface area contributed by atoms with E-state index in [1.54, 1.807) is 18.3 Å². The number of halogens is 2. The number of nitrogens with one attached hydrogen (secondary N) is 1. The highest BCUT2D eigenvalue weighted by atomic mass is 19.2. The standard InChI is InChI=1S/C20H16F2N2O/c21-19-11-8-16(12-20(19)22)14-25-18-9-6-15(7-10-18)13-23-24-17-4-2-1-3-5-17/h1-13,24H,14H2. The van der Waals surface area contributed by atoms with Crippen LogP contribution >= 0.6 is 0 Å². The van der Waals surface area contributed by atoms with Crippen molar-refractivity contribution in [1.82, 2.24) is 0 Å². The third kappa shape index (κ3) is 4.88. The van der Waals surface area contributed by atoms with Gasteiger partial charge in [-0.25, -0.2) is 8.78 Å². The van der Waals surface area contributed by atoms with Crippen molar-refractivity contribution >= 4 is 11.9 Å². The molecule has 0 radical (unpaired) electrons. The van der Waals surface area contributed by atoms with Crippen molar-refractivity contribution in [3.63, 3.8) is 0 Å². The smallest absolute Gasteiger partial charge is 0.159 e. The second kappa shape index (κ2) is 8.06. The minimum atomic E-state index is -0.876. The van der Waals surface area contributed by atoms with Gasteiger partial charge < -0.3 is 4.74 Å². The first kappa shape index (κ1) is 16.6. The molecule has 0 aliphatic rings. The largest absolute Gasteiger partial charge is 0.489 e. The Bertz CT molecular complexity index is 849. The van der Waals surface area contributed by atoms with Crippen LogP contribution < -0.4 is 10.2 Å². The molecular formula is C20H16F2N2O. The molecule has 3 aromatic carbocycles. The maximum atomic E-state index is 13.1. The predicted molar refractivity (Wildman–Crippen MR) is 94.8 cm³/mol. The Morgan fingerprint density at radius 3 is 2.36 bits per heavy atom. The van der Waals surface area contributed by atoms with Crippen LogP contribution in [0.15, 0.2) is 77.9 Å². The fourth-order valence-corrected chi connectivity index (χ4v) is 2.14. The lowest BCUT2D eigenvalue weighted by Crippen LogP contribution is -1.97. The van der Waals surface area contributed by atoms with Gasteiger partial charge in [-0.15, -0.1) is 0 Å². The third-order valence-corrected chi connectivity index (χ3v) is 3.45. The number of nitrogens with zero attached hydrogens (tertiary/aromatic N) is 1. The summed E-state index contributed by atoms with van der Waals surface area (Å²) in [5, 5.41) is 4.16. The van der Waals surface area contributed by atoms with E-state index >= 15 is 0 Å². The van der Waals surface area contributed by atoms with Crippen molar-refractivity contribution in [3.8, 4) is 5.75 Å². The molecule has 126 valence electrons. The van der Waals surface area contributed by atoms with Crippen LogP contribution in [0.3, 0.4) is 0 Å². The summed E-state index contributed by atoms with van der Waals surface area (Å²) >= 11 is 0. The molecule has 3 nitrogen and oxygen atoms in total. The molecule has 0 aromatic heterocycles. The fraction of sp³-hybridized carbons (Fsp3) is 0.0500. The molecular weight excluding hydrogens is 322 g/mol. The second-order valence-electron chi connectivity index (χ2n) is 5.34. The SMILES string of the molecule is Fc1ccc(COc2ccc(C=NNc3ccccc3)cc2)cc1F. The topological polar surface area (TPSA) is 33.6 Å². The van der Waals surface area contributed by atoms with Crippen LogP contribution in [0.4, 0.5) is 14.5 Å². The Morgan fingerprint density at radius 2 is 1.64 bits per heavy atom. The highest BCUT2D eigenvalue weighted by Crippen LogP contribution is 2.15. The van der Waals surface area contributed by atoms with Crippen molar-refractivity contribution in [1.29, 1.82) is 0 Å². The molecule has 0 fully saturated rings. The van der Waals surface area contributed by atoms with Crippen molar-refractivity contribution < 1.29 is 13.5 Å². The van der Waals surface area contributed by atoms with Gasteiger partial charge in [-0.05, 0) is 59.7 Å². The van der Waals surface area contributed by atoms with Gasteiger partial charge in [-0.2, -0.15) is 5.10 Å². The van der Waals surface area contributed by atoms with Crippen molar-refractivity contribution in [3.05, 3.63) is 95.6 Å². The molecule has 0 bridgehead atoms. The van der Waals surface area contributed by atoms with Crippen LogP contribution in [-0.4, -0.2) is 6.21 Å². The lowest BCUT2D eigenvalue weighted by atomic mass is 10.2. The molecule has 0 heterocycles. The van der Waals surface area contributed by atoms with Gasteiger partial charge in [0.05, 0.1) is 11.9 Å². The quantitative estimate of drug-likeness (QED) is 0.507. The first-order valence-corrected chi connectivity index (χ1v) is 7.71. The van der Waals surface area contributed by atoms with Gasteiger partial charge >= 0.3 is 0 Å². The lowest BCUT2D eigenvalue weighted by Gasteiger charge is -2.07. The number of hydrogen-bond donors (Lipinski definition) is 1. The molecule has 0 unspecified atom stereocenters. The zero-order valence-corrected chi connectivity index (χ0v) is 13.3. The van der Waals surface area contributed by atoms with Gasteiger partial charge in [0.1, 0.15) is 12.4 Å². The summed E-state index contributed by atoms with van der Waals surface area (Å²) in [7, 11) is 0. The summed E-state index contributed by atoms with van der Waals surface area (Å²) in [6, 6.07) is 20.7. The molecule has 0 saturated carbocycles. The Labute approximate surface area is 144 Å². The van der Waals surface area contributed by atoms with E-state index in [1.165, 1.54) is 6.07 Å². The van der Waals surface area contributed by atoms with E-state index in [1.807, 2.05) is 42.5 Å². The van der Waals surface area contributed by atoms with Crippen LogP contribution in [0, 0.1) is 11.6 Å². The first-order valence-electron chi connectivity index (χ1n) is 7.71. The molecule has 0 atom stereocenters. The van der Waals surface area contributed by atoms with Gasteiger partial charge in [0.2, 0.25) is 0 Å². The minimum absolute atomic E-state index is 0.167. The maximum Gasteiger partial charge on any atom is 0.159 e. The van der Waals surface area contributed by atoms with Gasteiger partial charge in [-0.1, -0.05) is 24.3 Å². The number of anilines is 1. The maximum absolute atomic E-state index is 13.1. The molecule has 25 heavy (non-hydrogen) atoms. The van der Waals surface area contributed by atoms with Crippen LogP contribution in [0.25, 0.3) is 0 Å². The molecule has 0 saturated heterocycles. The number of hydrazone groups is 1. The van der Waals surface area contributed by atoms with Gasteiger partial charge in [0, 0.05) is 0 Å². The molecule has 0 aliphatic heterocycles. The highest BCUT2D eigenvalue weighted by Gasteiger charge is 2.03. The van der Waals surface area contributed by atoms with Crippen LogP contribution in [0.1, 0.15) is 11.1 Å². The Hall–Kier alpha value is -3.21. The predicted octanol–water partition coefficient (Wildman–Crippen LogP) is 4.99. The Morgan fingerprint density at radius 1 is 0.880 bits per heavy atom. The van der Waals surface area contributed by atoms with Crippen molar-refractivity contribution in [2.75, 3.05) is 5.43 Å². The molecule has 3 rings (SSSR count). The van der Waals surface area contributed by atoms with Gasteiger partial charge in [-0.3, -0.25) is 5.43 Å². The van der Waals surface area contributed by atoms with Crippen molar-refractivity contribution in [2.24, 2.45) is 5.10 Å². The fourth-order valence-electron chi connectivity index (χ4n) is 2.14. The van der Waals surface area contributed by atoms with E-state index in [0.29, 0.717) is 11.3 Å². The average molecular weight is 338 g/mol. The van der Waals surface area contributed by atoms with E-state index in [2.05, 4.69) is 10.5 Å². The third-order valence-electron chi connectivity index (χ3n) is 3.45. The molecule has 0 aliphatic carbocycles. The minimum Gasteiger partial charge on any atom is -0.489 e. The average Bonchev–Trinajstić information content (AvgIpc) is 2.65. The summed E-state index contributed by atoms with van der Waals surface area (Å²) in [6.45, 7) is 0.167. The lowest BCUT2D eigenvalue weighted by molar-refractivity contribution is 0.305. The molecule has 0 spiro atoms. The summed E-state index contributed by atoms with van der Waals surface area (Å²) < 4.78 is 31.6. The van der Waals surface area contributed by atoms with E-state index in [4.69, 9.17) is 4.74 Å².